The van der Waals surface area contributed by atoms with E-state index in [1.54, 1.807) is 12.3 Å². The Morgan fingerprint density at radius 3 is 3.00 bits per heavy atom. The highest BCUT2D eigenvalue weighted by atomic mass is 15.1. The summed E-state index contributed by atoms with van der Waals surface area (Å²) >= 11 is 0. The molecule has 1 aliphatic carbocycles. The Morgan fingerprint density at radius 1 is 1.60 bits per heavy atom. The van der Waals surface area contributed by atoms with E-state index in [4.69, 9.17) is 5.26 Å². The van der Waals surface area contributed by atoms with Crippen molar-refractivity contribution in [2.75, 3.05) is 11.9 Å². The van der Waals surface area contributed by atoms with Crippen LogP contribution in [0.2, 0.25) is 0 Å². The van der Waals surface area contributed by atoms with E-state index in [0.717, 1.165) is 6.54 Å². The van der Waals surface area contributed by atoms with Gasteiger partial charge >= 0.3 is 0 Å². The average molecular weight is 202 g/mol. The minimum absolute atomic E-state index is 0.395. The number of anilines is 1. The van der Waals surface area contributed by atoms with E-state index in [2.05, 4.69) is 22.2 Å². The summed E-state index contributed by atoms with van der Waals surface area (Å²) < 4.78 is 0. The van der Waals surface area contributed by atoms with Crippen LogP contribution in [0.25, 0.3) is 0 Å². The molecule has 1 aromatic heterocycles. The zero-order valence-electron chi connectivity index (χ0n) is 8.82. The predicted octanol–water partition coefficient (Wildman–Crippen LogP) is 1.95. The van der Waals surface area contributed by atoms with E-state index in [-0.39, 0.29) is 0 Å². The third-order valence-electron chi connectivity index (χ3n) is 3.00. The molecular weight excluding hydrogens is 188 g/mol. The molecule has 0 amide bonds. The number of hydrogen-bond donors (Lipinski definition) is 1. The van der Waals surface area contributed by atoms with Crippen molar-refractivity contribution in [2.24, 2.45) is 5.41 Å². The molecule has 0 bridgehead atoms. The number of nitriles is 1. The molecule has 0 unspecified atom stereocenters. The van der Waals surface area contributed by atoms with Crippen LogP contribution in [0.5, 0.6) is 0 Å². The van der Waals surface area contributed by atoms with Gasteiger partial charge in [0.15, 0.2) is 0 Å². The molecule has 1 saturated carbocycles. The highest BCUT2D eigenvalue weighted by Gasteiger charge is 2.31. The first-order valence-corrected chi connectivity index (χ1v) is 5.19. The third-order valence-corrected chi connectivity index (χ3v) is 3.00. The van der Waals surface area contributed by atoms with Crippen molar-refractivity contribution < 1.29 is 0 Å². The van der Waals surface area contributed by atoms with E-state index in [0.29, 0.717) is 17.1 Å². The standard InChI is InChI=1S/C11H14N4/c1-11(4-2-5-11)8-14-10-13-6-3-9(7-12)15-10/h3,6H,2,4-5,8H2,1H3,(H,13,14,15). The first-order valence-electron chi connectivity index (χ1n) is 5.19. The minimum atomic E-state index is 0.395. The lowest BCUT2D eigenvalue weighted by Gasteiger charge is -2.38. The van der Waals surface area contributed by atoms with Gasteiger partial charge in [-0.15, -0.1) is 0 Å². The summed E-state index contributed by atoms with van der Waals surface area (Å²) in [6, 6.07) is 3.61. The van der Waals surface area contributed by atoms with Gasteiger partial charge in [0.1, 0.15) is 11.8 Å². The van der Waals surface area contributed by atoms with Crippen molar-refractivity contribution >= 4 is 5.95 Å². The summed E-state index contributed by atoms with van der Waals surface area (Å²) in [6.45, 7) is 3.15. The quantitative estimate of drug-likeness (QED) is 0.813. The molecule has 0 atom stereocenters. The molecule has 4 heteroatoms. The molecule has 1 fully saturated rings. The Labute approximate surface area is 89.4 Å². The first-order chi connectivity index (χ1) is 7.22. The monoisotopic (exact) mass is 202 g/mol. The maximum absolute atomic E-state index is 8.68. The summed E-state index contributed by atoms with van der Waals surface area (Å²) in [5.41, 5.74) is 0.803. The van der Waals surface area contributed by atoms with Crippen molar-refractivity contribution in [3.63, 3.8) is 0 Å². The number of hydrogen-bond acceptors (Lipinski definition) is 4. The van der Waals surface area contributed by atoms with E-state index in [9.17, 15) is 0 Å². The Hall–Kier alpha value is -1.63. The van der Waals surface area contributed by atoms with Gasteiger partial charge in [-0.25, -0.2) is 9.97 Å². The molecule has 4 nitrogen and oxygen atoms in total. The molecule has 0 aromatic carbocycles. The summed E-state index contributed by atoms with van der Waals surface area (Å²) in [6.07, 6.45) is 5.45. The second-order valence-electron chi connectivity index (χ2n) is 4.40. The summed E-state index contributed by atoms with van der Waals surface area (Å²) in [7, 11) is 0. The van der Waals surface area contributed by atoms with Gasteiger partial charge in [-0.1, -0.05) is 13.3 Å². The number of nitrogens with zero attached hydrogens (tertiary/aromatic N) is 3. The van der Waals surface area contributed by atoms with Crippen LogP contribution in [0.4, 0.5) is 5.95 Å². The Bertz CT molecular complexity index is 390. The molecule has 0 saturated heterocycles. The van der Waals surface area contributed by atoms with Gasteiger partial charge in [-0.3, -0.25) is 0 Å². The molecule has 0 radical (unpaired) electrons. The van der Waals surface area contributed by atoms with Crippen LogP contribution < -0.4 is 5.32 Å². The van der Waals surface area contributed by atoms with Crippen LogP contribution in [0, 0.1) is 16.7 Å². The second-order valence-corrected chi connectivity index (χ2v) is 4.40. The number of nitrogens with one attached hydrogen (secondary N) is 1. The minimum Gasteiger partial charge on any atom is -0.354 e. The summed E-state index contributed by atoms with van der Waals surface area (Å²) in [4.78, 5) is 8.14. The van der Waals surface area contributed by atoms with Gasteiger partial charge in [-0.05, 0) is 24.3 Å². The Morgan fingerprint density at radius 2 is 2.40 bits per heavy atom. The molecule has 0 aliphatic heterocycles. The topological polar surface area (TPSA) is 61.6 Å². The first kappa shape index (κ1) is 9.91. The predicted molar refractivity (Wildman–Crippen MR) is 57.2 cm³/mol. The van der Waals surface area contributed by atoms with Crippen molar-refractivity contribution in [1.29, 1.82) is 5.26 Å². The fourth-order valence-electron chi connectivity index (χ4n) is 1.76. The van der Waals surface area contributed by atoms with E-state index in [1.165, 1.54) is 19.3 Å². The third kappa shape index (κ3) is 2.24. The smallest absolute Gasteiger partial charge is 0.223 e. The van der Waals surface area contributed by atoms with E-state index < -0.39 is 0 Å². The van der Waals surface area contributed by atoms with Crippen molar-refractivity contribution in [1.82, 2.24) is 9.97 Å². The van der Waals surface area contributed by atoms with E-state index in [1.807, 2.05) is 6.07 Å². The maximum Gasteiger partial charge on any atom is 0.223 e. The maximum atomic E-state index is 8.68. The van der Waals surface area contributed by atoms with Gasteiger partial charge < -0.3 is 5.32 Å². The number of rotatable bonds is 3. The molecule has 2 rings (SSSR count). The van der Waals surface area contributed by atoms with Crippen LogP contribution in [-0.2, 0) is 0 Å². The highest BCUT2D eigenvalue weighted by Crippen LogP contribution is 2.39. The van der Waals surface area contributed by atoms with Crippen LogP contribution in [0.3, 0.4) is 0 Å². The molecule has 78 valence electrons. The largest absolute Gasteiger partial charge is 0.354 e. The zero-order valence-corrected chi connectivity index (χ0v) is 8.82. The zero-order chi connectivity index (χ0) is 10.7. The molecular formula is C11H14N4. The SMILES string of the molecule is CC1(CNc2nccc(C#N)n2)CCC1. The highest BCUT2D eigenvalue weighted by molar-refractivity contribution is 5.30. The molecule has 15 heavy (non-hydrogen) atoms. The normalized spacial score (nSPS) is 17.6. The molecule has 1 aromatic rings. The van der Waals surface area contributed by atoms with Crippen molar-refractivity contribution in [2.45, 2.75) is 26.2 Å². The van der Waals surface area contributed by atoms with Gasteiger partial charge in [0, 0.05) is 12.7 Å². The summed E-state index contributed by atoms with van der Waals surface area (Å²) in [5.74, 6) is 0.558. The van der Waals surface area contributed by atoms with Gasteiger partial charge in [0.25, 0.3) is 0 Å². The van der Waals surface area contributed by atoms with Crippen LogP contribution in [-0.4, -0.2) is 16.5 Å². The van der Waals surface area contributed by atoms with E-state index >= 15 is 0 Å². The average Bonchev–Trinajstić information content (AvgIpc) is 2.24. The second kappa shape index (κ2) is 3.85. The van der Waals surface area contributed by atoms with Gasteiger partial charge in [0.05, 0.1) is 0 Å². The molecule has 1 N–H and O–H groups in total. The van der Waals surface area contributed by atoms with Gasteiger partial charge in [0.2, 0.25) is 5.95 Å². The van der Waals surface area contributed by atoms with Crippen molar-refractivity contribution in [3.8, 4) is 6.07 Å². The fourth-order valence-corrected chi connectivity index (χ4v) is 1.76. The number of aromatic nitrogens is 2. The molecule has 1 heterocycles. The molecule has 1 aliphatic rings. The fraction of sp³-hybridized carbons (Fsp3) is 0.545. The molecule has 0 spiro atoms. The van der Waals surface area contributed by atoms with Gasteiger partial charge in [-0.2, -0.15) is 5.26 Å². The Kier molecular flexibility index (Phi) is 2.55. The van der Waals surface area contributed by atoms with Crippen LogP contribution >= 0.6 is 0 Å². The van der Waals surface area contributed by atoms with Crippen LogP contribution in [0.15, 0.2) is 12.3 Å². The van der Waals surface area contributed by atoms with Crippen LogP contribution in [0.1, 0.15) is 31.9 Å². The Balaban J connectivity index is 1.96. The summed E-state index contributed by atoms with van der Waals surface area (Å²) in [5, 5.41) is 11.9. The lowest BCUT2D eigenvalue weighted by atomic mass is 9.70. The lowest BCUT2D eigenvalue weighted by molar-refractivity contribution is 0.179. The lowest BCUT2D eigenvalue weighted by Crippen LogP contribution is -2.33. The van der Waals surface area contributed by atoms with Crippen molar-refractivity contribution in [3.05, 3.63) is 18.0 Å².